The molecule has 0 fully saturated rings. The van der Waals surface area contributed by atoms with Crippen LogP contribution >= 0.6 is 34.5 Å². The van der Waals surface area contributed by atoms with Gasteiger partial charge in [-0.1, -0.05) is 34.4 Å². The lowest BCUT2D eigenvalue weighted by atomic mass is 10.2. The van der Waals surface area contributed by atoms with Crippen LogP contribution in [0.1, 0.15) is 16.2 Å². The quantitative estimate of drug-likeness (QED) is 0.737. The zero-order valence-electron chi connectivity index (χ0n) is 11.8. The number of hydrogen-bond acceptors (Lipinski definition) is 5. The standard InChI is InChI=1S/C15H11Cl2N3O2S/c16-10-4-3-9(8-11(10)17)15(21)18-6-5-13-19-14(20-22-13)12-2-1-7-23-12/h1-4,7-8H,5-6H2,(H,18,21). The maximum atomic E-state index is 12.0. The molecule has 118 valence electrons. The zero-order valence-corrected chi connectivity index (χ0v) is 14.1. The zero-order chi connectivity index (χ0) is 16.2. The van der Waals surface area contributed by atoms with E-state index in [2.05, 4.69) is 15.5 Å². The lowest BCUT2D eigenvalue weighted by molar-refractivity contribution is 0.0953. The first kappa shape index (κ1) is 16.0. The summed E-state index contributed by atoms with van der Waals surface area (Å²) in [6.07, 6.45) is 0.450. The van der Waals surface area contributed by atoms with Crippen molar-refractivity contribution in [2.24, 2.45) is 0 Å². The molecule has 3 rings (SSSR count). The Morgan fingerprint density at radius 3 is 2.87 bits per heavy atom. The highest BCUT2D eigenvalue weighted by atomic mass is 35.5. The van der Waals surface area contributed by atoms with Crippen LogP contribution < -0.4 is 5.32 Å². The summed E-state index contributed by atoms with van der Waals surface area (Å²) < 4.78 is 5.17. The third-order valence-corrected chi connectivity index (χ3v) is 4.62. The van der Waals surface area contributed by atoms with Gasteiger partial charge < -0.3 is 9.84 Å². The molecule has 5 nitrogen and oxygen atoms in total. The molecule has 2 heterocycles. The number of halogens is 2. The van der Waals surface area contributed by atoms with E-state index in [-0.39, 0.29) is 5.91 Å². The van der Waals surface area contributed by atoms with Gasteiger partial charge in [-0.25, -0.2) is 0 Å². The molecule has 1 aromatic carbocycles. The van der Waals surface area contributed by atoms with Gasteiger partial charge in [-0.15, -0.1) is 11.3 Å². The van der Waals surface area contributed by atoms with Crippen LogP contribution in [-0.2, 0) is 6.42 Å². The number of carbonyl (C=O) groups excluding carboxylic acids is 1. The summed E-state index contributed by atoms with van der Waals surface area (Å²) in [7, 11) is 0. The number of hydrogen-bond donors (Lipinski definition) is 1. The molecule has 0 aliphatic heterocycles. The first-order valence-corrected chi connectivity index (χ1v) is 8.37. The van der Waals surface area contributed by atoms with Crippen molar-refractivity contribution in [2.45, 2.75) is 6.42 Å². The molecule has 0 bridgehead atoms. The van der Waals surface area contributed by atoms with Crippen molar-refractivity contribution in [2.75, 3.05) is 6.54 Å². The Labute approximate surface area is 146 Å². The Morgan fingerprint density at radius 1 is 1.26 bits per heavy atom. The molecule has 23 heavy (non-hydrogen) atoms. The normalized spacial score (nSPS) is 10.7. The van der Waals surface area contributed by atoms with Gasteiger partial charge in [0.15, 0.2) is 0 Å². The Kier molecular flexibility index (Phi) is 4.95. The average molecular weight is 368 g/mol. The molecule has 1 N–H and O–H groups in total. The molecule has 1 amide bonds. The molecule has 2 aromatic heterocycles. The summed E-state index contributed by atoms with van der Waals surface area (Å²) in [6, 6.07) is 8.58. The Bertz CT molecular complexity index is 818. The van der Waals surface area contributed by atoms with Crippen LogP contribution in [0.15, 0.2) is 40.2 Å². The van der Waals surface area contributed by atoms with Crippen molar-refractivity contribution in [3.05, 3.63) is 57.2 Å². The molecular weight excluding hydrogens is 357 g/mol. The SMILES string of the molecule is O=C(NCCc1nc(-c2cccs2)no1)c1ccc(Cl)c(Cl)c1. The van der Waals surface area contributed by atoms with E-state index in [4.69, 9.17) is 27.7 Å². The van der Waals surface area contributed by atoms with Crippen LogP contribution in [-0.4, -0.2) is 22.6 Å². The van der Waals surface area contributed by atoms with E-state index in [9.17, 15) is 4.79 Å². The summed E-state index contributed by atoms with van der Waals surface area (Å²) in [5.74, 6) is 0.801. The predicted octanol–water partition coefficient (Wildman–Crippen LogP) is 4.08. The maximum Gasteiger partial charge on any atom is 0.251 e. The molecular formula is C15H11Cl2N3O2S. The first-order chi connectivity index (χ1) is 11.1. The van der Waals surface area contributed by atoms with Gasteiger partial charge in [0.05, 0.1) is 14.9 Å². The van der Waals surface area contributed by atoms with Gasteiger partial charge in [-0.3, -0.25) is 4.79 Å². The Balaban J connectivity index is 1.55. The number of nitrogens with zero attached hydrogens (tertiary/aromatic N) is 2. The first-order valence-electron chi connectivity index (χ1n) is 6.73. The molecule has 0 atom stereocenters. The van der Waals surface area contributed by atoms with Crippen LogP contribution in [0, 0.1) is 0 Å². The second kappa shape index (κ2) is 7.12. The van der Waals surface area contributed by atoms with Gasteiger partial charge in [0.25, 0.3) is 5.91 Å². The highest BCUT2D eigenvalue weighted by Gasteiger charge is 2.11. The van der Waals surface area contributed by atoms with Gasteiger partial charge >= 0.3 is 0 Å². The lowest BCUT2D eigenvalue weighted by Crippen LogP contribution is -2.25. The monoisotopic (exact) mass is 367 g/mol. The summed E-state index contributed by atoms with van der Waals surface area (Å²) >= 11 is 13.3. The molecule has 0 radical (unpaired) electrons. The number of thiophene rings is 1. The number of nitrogens with one attached hydrogen (secondary N) is 1. The molecule has 0 saturated carbocycles. The Morgan fingerprint density at radius 2 is 2.13 bits per heavy atom. The van der Waals surface area contributed by atoms with Crippen molar-refractivity contribution in [1.82, 2.24) is 15.5 Å². The second-order valence-corrected chi connectivity index (χ2v) is 6.39. The van der Waals surface area contributed by atoms with E-state index in [1.165, 1.54) is 17.4 Å². The average Bonchev–Trinajstić information content (AvgIpc) is 3.20. The second-order valence-electron chi connectivity index (χ2n) is 4.62. The third kappa shape index (κ3) is 3.90. The van der Waals surface area contributed by atoms with Crippen molar-refractivity contribution in [1.29, 1.82) is 0 Å². The van der Waals surface area contributed by atoms with Crippen LogP contribution in [0.2, 0.25) is 10.0 Å². The fourth-order valence-corrected chi connectivity index (χ4v) is 2.83. The lowest BCUT2D eigenvalue weighted by Gasteiger charge is -2.04. The van der Waals surface area contributed by atoms with E-state index < -0.39 is 0 Å². The number of aromatic nitrogens is 2. The minimum atomic E-state index is -0.235. The highest BCUT2D eigenvalue weighted by molar-refractivity contribution is 7.13. The van der Waals surface area contributed by atoms with E-state index in [0.717, 1.165) is 4.88 Å². The summed E-state index contributed by atoms with van der Waals surface area (Å²) in [5.41, 5.74) is 0.448. The highest BCUT2D eigenvalue weighted by Crippen LogP contribution is 2.23. The molecule has 0 aliphatic rings. The van der Waals surface area contributed by atoms with Crippen LogP contribution in [0.5, 0.6) is 0 Å². The Hall–Kier alpha value is -1.89. The molecule has 0 saturated heterocycles. The molecule has 0 unspecified atom stereocenters. The predicted molar refractivity (Wildman–Crippen MR) is 90.1 cm³/mol. The number of benzene rings is 1. The summed E-state index contributed by atoms with van der Waals surface area (Å²) in [6.45, 7) is 0.380. The fraction of sp³-hybridized carbons (Fsp3) is 0.133. The van der Waals surface area contributed by atoms with E-state index >= 15 is 0 Å². The van der Waals surface area contributed by atoms with E-state index in [0.29, 0.717) is 40.3 Å². The van der Waals surface area contributed by atoms with Crippen molar-refractivity contribution in [3.63, 3.8) is 0 Å². The molecule has 0 aliphatic carbocycles. The summed E-state index contributed by atoms with van der Waals surface area (Å²) in [5, 5.41) is 9.39. The van der Waals surface area contributed by atoms with E-state index in [1.807, 2.05) is 17.5 Å². The summed E-state index contributed by atoms with van der Waals surface area (Å²) in [4.78, 5) is 17.2. The van der Waals surface area contributed by atoms with Crippen molar-refractivity contribution >= 4 is 40.4 Å². The smallest absolute Gasteiger partial charge is 0.251 e. The molecule has 0 spiro atoms. The maximum absolute atomic E-state index is 12.0. The largest absolute Gasteiger partial charge is 0.352 e. The molecule has 8 heteroatoms. The molecule has 3 aromatic rings. The third-order valence-electron chi connectivity index (χ3n) is 3.02. The van der Waals surface area contributed by atoms with Gasteiger partial charge in [0.1, 0.15) is 0 Å². The van der Waals surface area contributed by atoms with Crippen molar-refractivity contribution < 1.29 is 9.32 Å². The fourth-order valence-electron chi connectivity index (χ4n) is 1.88. The van der Waals surface area contributed by atoms with Crippen molar-refractivity contribution in [3.8, 4) is 10.7 Å². The van der Waals surface area contributed by atoms with Crippen LogP contribution in [0.3, 0.4) is 0 Å². The minimum absolute atomic E-state index is 0.235. The number of rotatable bonds is 5. The number of carbonyl (C=O) groups is 1. The van der Waals surface area contributed by atoms with Gasteiger partial charge in [0, 0.05) is 18.5 Å². The van der Waals surface area contributed by atoms with Gasteiger partial charge in [-0.05, 0) is 29.6 Å². The van der Waals surface area contributed by atoms with Gasteiger partial charge in [0.2, 0.25) is 11.7 Å². The number of amides is 1. The van der Waals surface area contributed by atoms with E-state index in [1.54, 1.807) is 12.1 Å². The van der Waals surface area contributed by atoms with Crippen LogP contribution in [0.4, 0.5) is 0 Å². The minimum Gasteiger partial charge on any atom is -0.352 e. The van der Waals surface area contributed by atoms with Crippen LogP contribution in [0.25, 0.3) is 10.7 Å². The van der Waals surface area contributed by atoms with Gasteiger partial charge in [-0.2, -0.15) is 4.98 Å². The topological polar surface area (TPSA) is 68.0 Å².